The molecular weight excluding hydrogens is 270 g/mol. The van der Waals surface area contributed by atoms with E-state index >= 15 is 0 Å². The van der Waals surface area contributed by atoms with Gasteiger partial charge in [-0.25, -0.2) is 0 Å². The van der Waals surface area contributed by atoms with Crippen LogP contribution in [0.3, 0.4) is 0 Å². The first-order valence-electron chi connectivity index (χ1n) is 7.71. The van der Waals surface area contributed by atoms with Gasteiger partial charge < -0.3 is 15.0 Å². The molecule has 0 aromatic carbocycles. The van der Waals surface area contributed by atoms with Gasteiger partial charge in [0, 0.05) is 18.6 Å². The molecule has 0 aromatic rings. The van der Waals surface area contributed by atoms with Gasteiger partial charge in [0.2, 0.25) is 11.8 Å². The highest BCUT2D eigenvalue weighted by Crippen LogP contribution is 2.07. The van der Waals surface area contributed by atoms with Crippen LogP contribution in [0.2, 0.25) is 0 Å². The van der Waals surface area contributed by atoms with E-state index in [2.05, 4.69) is 10.6 Å². The summed E-state index contributed by atoms with van der Waals surface area (Å²) in [6, 6.07) is -0.788. The Balaban J connectivity index is 2.47. The third-order valence-electron chi connectivity index (χ3n) is 3.93. The maximum Gasteiger partial charge on any atom is 0.239 e. The Labute approximate surface area is 127 Å². The molecule has 0 saturated carbocycles. The van der Waals surface area contributed by atoms with Crippen molar-refractivity contribution < 1.29 is 14.3 Å². The van der Waals surface area contributed by atoms with Crippen molar-refractivity contribution in [2.45, 2.75) is 58.7 Å². The number of carbonyl (C=O) groups is 2. The largest absolute Gasteiger partial charge is 0.378 e. The average molecular weight is 299 g/mol. The van der Waals surface area contributed by atoms with Crippen LogP contribution >= 0.6 is 0 Å². The van der Waals surface area contributed by atoms with Crippen LogP contribution in [0, 0.1) is 0 Å². The molecule has 2 N–H and O–H groups in total. The van der Waals surface area contributed by atoms with Gasteiger partial charge in [-0.3, -0.25) is 14.9 Å². The third-order valence-corrected chi connectivity index (χ3v) is 3.93. The minimum Gasteiger partial charge on any atom is -0.378 e. The van der Waals surface area contributed by atoms with Gasteiger partial charge >= 0.3 is 0 Å². The molecule has 0 aliphatic carbocycles. The number of morpholine rings is 1. The van der Waals surface area contributed by atoms with E-state index in [-0.39, 0.29) is 23.4 Å². The molecule has 1 rings (SSSR count). The Morgan fingerprint density at radius 2 is 1.76 bits per heavy atom. The number of ether oxygens (including phenoxy) is 1. The molecule has 21 heavy (non-hydrogen) atoms. The lowest BCUT2D eigenvalue weighted by Gasteiger charge is -2.31. The van der Waals surface area contributed by atoms with Crippen LogP contribution in [0.4, 0.5) is 0 Å². The van der Waals surface area contributed by atoms with Crippen molar-refractivity contribution in [3.8, 4) is 0 Å². The van der Waals surface area contributed by atoms with Gasteiger partial charge in [-0.2, -0.15) is 0 Å². The van der Waals surface area contributed by atoms with Gasteiger partial charge in [0.15, 0.2) is 0 Å². The first-order chi connectivity index (χ1) is 9.76. The molecular formula is C15H29N3O3. The summed E-state index contributed by atoms with van der Waals surface area (Å²) in [5.74, 6) is -0.0591. The molecule has 1 aliphatic rings. The second kappa shape index (κ2) is 7.75. The highest BCUT2D eigenvalue weighted by Gasteiger charge is 2.27. The molecule has 0 aromatic heterocycles. The summed E-state index contributed by atoms with van der Waals surface area (Å²) in [5, 5.41) is 6.06. The second-order valence-corrected chi connectivity index (χ2v) is 6.27. The molecule has 1 aliphatic heterocycles. The smallest absolute Gasteiger partial charge is 0.239 e. The lowest BCUT2D eigenvalue weighted by atomic mass is 10.0. The Kier molecular flexibility index (Phi) is 6.61. The van der Waals surface area contributed by atoms with Gasteiger partial charge in [-0.15, -0.1) is 0 Å². The zero-order valence-corrected chi connectivity index (χ0v) is 13.9. The van der Waals surface area contributed by atoms with Gasteiger partial charge in [-0.1, -0.05) is 6.92 Å². The number of hydrogen-bond donors (Lipinski definition) is 2. The van der Waals surface area contributed by atoms with Crippen LogP contribution in [0.1, 0.15) is 41.0 Å². The number of nitrogens with one attached hydrogen (secondary N) is 2. The summed E-state index contributed by atoms with van der Waals surface area (Å²) >= 11 is 0. The summed E-state index contributed by atoms with van der Waals surface area (Å²) in [6.45, 7) is 12.0. The molecule has 6 nitrogen and oxygen atoms in total. The van der Waals surface area contributed by atoms with Crippen molar-refractivity contribution in [2.24, 2.45) is 0 Å². The Bertz CT molecular complexity index is 365. The van der Waals surface area contributed by atoms with Crippen molar-refractivity contribution in [1.82, 2.24) is 15.5 Å². The Morgan fingerprint density at radius 1 is 1.19 bits per heavy atom. The van der Waals surface area contributed by atoms with Gasteiger partial charge in [0.05, 0.1) is 25.3 Å². The molecule has 2 unspecified atom stereocenters. The summed E-state index contributed by atoms with van der Waals surface area (Å²) in [6.07, 6.45) is 0.855. The summed E-state index contributed by atoms with van der Waals surface area (Å²) in [5.41, 5.74) is -0.232. The molecule has 6 heteroatoms. The molecule has 2 atom stereocenters. The van der Waals surface area contributed by atoms with Crippen molar-refractivity contribution >= 4 is 11.8 Å². The minimum atomic E-state index is -0.407. The normalized spacial score (nSPS) is 19.0. The SMILES string of the molecule is CCC(C)(C)NC(=O)C(C)NC(C)C(=O)N1CCOCC1. The van der Waals surface area contributed by atoms with Crippen LogP contribution in [0.25, 0.3) is 0 Å². The van der Waals surface area contributed by atoms with Crippen LogP contribution in [0.5, 0.6) is 0 Å². The van der Waals surface area contributed by atoms with E-state index in [0.717, 1.165) is 6.42 Å². The lowest BCUT2D eigenvalue weighted by Crippen LogP contribution is -2.56. The predicted octanol–water partition coefficient (Wildman–Crippen LogP) is 0.517. The molecule has 0 bridgehead atoms. The number of hydrogen-bond acceptors (Lipinski definition) is 4. The molecule has 122 valence electrons. The summed E-state index contributed by atoms with van der Waals surface area (Å²) in [7, 11) is 0. The standard InChI is InChI=1S/C15H29N3O3/c1-6-15(4,5)17-13(19)11(2)16-12(3)14(20)18-7-9-21-10-8-18/h11-12,16H,6-10H2,1-5H3,(H,17,19). The molecule has 2 amide bonds. The monoisotopic (exact) mass is 299 g/mol. The van der Waals surface area contributed by atoms with Gasteiger partial charge in [0.1, 0.15) is 0 Å². The predicted molar refractivity (Wildman–Crippen MR) is 82.0 cm³/mol. The van der Waals surface area contributed by atoms with E-state index in [0.29, 0.717) is 26.3 Å². The summed E-state index contributed by atoms with van der Waals surface area (Å²) in [4.78, 5) is 26.2. The number of amides is 2. The van der Waals surface area contributed by atoms with Gasteiger partial charge in [-0.05, 0) is 34.1 Å². The highest BCUT2D eigenvalue weighted by atomic mass is 16.5. The second-order valence-electron chi connectivity index (χ2n) is 6.27. The summed E-state index contributed by atoms with van der Waals surface area (Å²) < 4.78 is 5.24. The minimum absolute atomic E-state index is 0.0210. The fourth-order valence-electron chi connectivity index (χ4n) is 2.11. The molecule has 1 fully saturated rings. The third kappa shape index (κ3) is 5.63. The van der Waals surface area contributed by atoms with Crippen molar-refractivity contribution in [1.29, 1.82) is 0 Å². The van der Waals surface area contributed by atoms with Crippen molar-refractivity contribution in [2.75, 3.05) is 26.3 Å². The first kappa shape index (κ1) is 17.9. The van der Waals surface area contributed by atoms with E-state index < -0.39 is 6.04 Å². The number of nitrogens with zero attached hydrogens (tertiary/aromatic N) is 1. The van der Waals surface area contributed by atoms with E-state index in [1.54, 1.807) is 18.7 Å². The fraction of sp³-hybridized carbons (Fsp3) is 0.867. The maximum absolute atomic E-state index is 12.3. The van der Waals surface area contributed by atoms with E-state index in [9.17, 15) is 9.59 Å². The molecule has 1 heterocycles. The van der Waals surface area contributed by atoms with E-state index in [4.69, 9.17) is 4.74 Å². The Morgan fingerprint density at radius 3 is 2.29 bits per heavy atom. The van der Waals surface area contributed by atoms with E-state index in [1.807, 2.05) is 20.8 Å². The fourth-order valence-corrected chi connectivity index (χ4v) is 2.11. The lowest BCUT2D eigenvalue weighted by molar-refractivity contribution is -0.137. The van der Waals surface area contributed by atoms with Crippen LogP contribution < -0.4 is 10.6 Å². The quantitative estimate of drug-likeness (QED) is 0.750. The molecule has 1 saturated heterocycles. The highest BCUT2D eigenvalue weighted by molar-refractivity contribution is 5.85. The average Bonchev–Trinajstić information content (AvgIpc) is 2.46. The molecule has 0 spiro atoms. The number of rotatable bonds is 6. The topological polar surface area (TPSA) is 70.7 Å². The first-order valence-corrected chi connectivity index (χ1v) is 7.71. The number of carbonyl (C=O) groups excluding carboxylic acids is 2. The van der Waals surface area contributed by atoms with Gasteiger partial charge in [0.25, 0.3) is 0 Å². The molecule has 0 radical (unpaired) electrons. The zero-order valence-electron chi connectivity index (χ0n) is 13.9. The maximum atomic E-state index is 12.3. The van der Waals surface area contributed by atoms with Crippen LogP contribution in [-0.4, -0.2) is 60.6 Å². The van der Waals surface area contributed by atoms with Crippen molar-refractivity contribution in [3.63, 3.8) is 0 Å². The van der Waals surface area contributed by atoms with Crippen LogP contribution in [0.15, 0.2) is 0 Å². The van der Waals surface area contributed by atoms with Crippen molar-refractivity contribution in [3.05, 3.63) is 0 Å². The zero-order chi connectivity index (χ0) is 16.0. The Hall–Kier alpha value is -1.14. The van der Waals surface area contributed by atoms with Crippen LogP contribution in [-0.2, 0) is 14.3 Å². The van der Waals surface area contributed by atoms with E-state index in [1.165, 1.54) is 0 Å².